The second-order valence-electron chi connectivity index (χ2n) is 9.05. The second kappa shape index (κ2) is 8.47. The standard InChI is InChI=1S/C21H32N4O3/c1-15-10-16(2)13-24(12-15)18-5-4-17(11-19(18)25(27)28)20(26)23-14-21(3)6-8-22-9-7-21/h4-5,11,15-16,22H,6-10,12-14H2,1-3H3,(H,23,26). The predicted molar refractivity (Wildman–Crippen MR) is 111 cm³/mol. The summed E-state index contributed by atoms with van der Waals surface area (Å²) in [6.07, 6.45) is 3.16. The molecule has 7 nitrogen and oxygen atoms in total. The molecule has 0 radical (unpaired) electrons. The summed E-state index contributed by atoms with van der Waals surface area (Å²) in [6.45, 7) is 10.7. The van der Waals surface area contributed by atoms with Crippen molar-refractivity contribution in [3.8, 4) is 0 Å². The van der Waals surface area contributed by atoms with E-state index in [1.165, 1.54) is 6.07 Å². The number of nitrogens with one attached hydrogen (secondary N) is 2. The summed E-state index contributed by atoms with van der Waals surface area (Å²) in [6, 6.07) is 4.88. The first-order valence-electron chi connectivity index (χ1n) is 10.3. The van der Waals surface area contributed by atoms with E-state index in [0.717, 1.165) is 45.4 Å². The Kier molecular flexibility index (Phi) is 6.23. The maximum Gasteiger partial charge on any atom is 0.293 e. The van der Waals surface area contributed by atoms with Crippen LogP contribution in [0.1, 0.15) is 50.4 Å². The molecule has 2 saturated heterocycles. The molecule has 0 bridgehead atoms. The van der Waals surface area contributed by atoms with Crippen LogP contribution in [0.15, 0.2) is 18.2 Å². The Hall–Kier alpha value is -2.15. The number of nitro groups is 1. The zero-order chi connectivity index (χ0) is 20.3. The van der Waals surface area contributed by atoms with E-state index in [1.54, 1.807) is 12.1 Å². The fraction of sp³-hybridized carbons (Fsp3) is 0.667. The van der Waals surface area contributed by atoms with Crippen molar-refractivity contribution in [1.82, 2.24) is 10.6 Å². The Bertz CT molecular complexity index is 720. The van der Waals surface area contributed by atoms with Crippen LogP contribution in [-0.2, 0) is 0 Å². The van der Waals surface area contributed by atoms with Gasteiger partial charge in [-0.05, 0) is 61.7 Å². The summed E-state index contributed by atoms with van der Waals surface area (Å²) < 4.78 is 0. The first-order chi connectivity index (χ1) is 13.3. The first-order valence-corrected chi connectivity index (χ1v) is 10.3. The molecule has 0 saturated carbocycles. The predicted octanol–water partition coefficient (Wildman–Crippen LogP) is 3.20. The lowest BCUT2D eigenvalue weighted by molar-refractivity contribution is -0.384. The van der Waals surface area contributed by atoms with Crippen LogP contribution < -0.4 is 15.5 Å². The summed E-state index contributed by atoms with van der Waals surface area (Å²) in [4.78, 5) is 26.1. The fourth-order valence-corrected chi connectivity index (χ4v) is 4.54. The van der Waals surface area contributed by atoms with Crippen LogP contribution in [0.2, 0.25) is 0 Å². The van der Waals surface area contributed by atoms with E-state index in [9.17, 15) is 14.9 Å². The highest BCUT2D eigenvalue weighted by Gasteiger charge is 2.29. The lowest BCUT2D eigenvalue weighted by atomic mass is 9.81. The van der Waals surface area contributed by atoms with Gasteiger partial charge in [-0.1, -0.05) is 20.8 Å². The van der Waals surface area contributed by atoms with Gasteiger partial charge in [0.25, 0.3) is 11.6 Å². The number of piperidine rings is 2. The third-order valence-electron chi connectivity index (χ3n) is 6.13. The molecule has 1 aromatic carbocycles. The van der Waals surface area contributed by atoms with Crippen LogP contribution in [0, 0.1) is 27.4 Å². The van der Waals surface area contributed by atoms with Crippen molar-refractivity contribution in [2.24, 2.45) is 17.3 Å². The van der Waals surface area contributed by atoms with Gasteiger partial charge >= 0.3 is 0 Å². The molecule has 2 fully saturated rings. The van der Waals surface area contributed by atoms with Gasteiger partial charge in [-0.2, -0.15) is 0 Å². The molecule has 2 aliphatic heterocycles. The molecule has 1 aromatic rings. The summed E-state index contributed by atoms with van der Waals surface area (Å²) in [5.41, 5.74) is 1.06. The molecule has 1 amide bonds. The van der Waals surface area contributed by atoms with E-state index in [1.807, 2.05) is 0 Å². The zero-order valence-corrected chi connectivity index (χ0v) is 17.2. The van der Waals surface area contributed by atoms with Gasteiger partial charge in [0, 0.05) is 31.3 Å². The quantitative estimate of drug-likeness (QED) is 0.597. The Balaban J connectivity index is 1.74. The smallest absolute Gasteiger partial charge is 0.293 e. The molecule has 2 heterocycles. The molecule has 2 unspecified atom stereocenters. The van der Waals surface area contributed by atoms with Gasteiger partial charge in [0.2, 0.25) is 0 Å². The van der Waals surface area contributed by atoms with E-state index in [0.29, 0.717) is 29.6 Å². The number of rotatable bonds is 5. The van der Waals surface area contributed by atoms with Crippen molar-refractivity contribution in [3.05, 3.63) is 33.9 Å². The largest absolute Gasteiger partial charge is 0.365 e. The number of hydrogen-bond acceptors (Lipinski definition) is 5. The molecule has 2 aliphatic rings. The average Bonchev–Trinajstić information content (AvgIpc) is 2.65. The topological polar surface area (TPSA) is 87.5 Å². The van der Waals surface area contributed by atoms with Gasteiger partial charge in [0.15, 0.2) is 0 Å². The third-order valence-corrected chi connectivity index (χ3v) is 6.13. The number of carbonyl (C=O) groups excluding carboxylic acids is 1. The highest BCUT2D eigenvalue weighted by molar-refractivity contribution is 5.95. The van der Waals surface area contributed by atoms with E-state index in [2.05, 4.69) is 36.3 Å². The number of nitro benzene ring substituents is 1. The Morgan fingerprint density at radius 2 is 1.93 bits per heavy atom. The van der Waals surface area contributed by atoms with Crippen molar-refractivity contribution in [1.29, 1.82) is 0 Å². The van der Waals surface area contributed by atoms with Crippen molar-refractivity contribution in [2.75, 3.05) is 37.6 Å². The van der Waals surface area contributed by atoms with Crippen LogP contribution in [0.25, 0.3) is 0 Å². The number of anilines is 1. The van der Waals surface area contributed by atoms with E-state index in [4.69, 9.17) is 0 Å². The monoisotopic (exact) mass is 388 g/mol. The summed E-state index contributed by atoms with van der Waals surface area (Å²) >= 11 is 0. The average molecular weight is 389 g/mol. The van der Waals surface area contributed by atoms with Crippen LogP contribution >= 0.6 is 0 Å². The molecular formula is C21H32N4O3. The summed E-state index contributed by atoms with van der Waals surface area (Å²) in [7, 11) is 0. The van der Waals surface area contributed by atoms with Gasteiger partial charge < -0.3 is 15.5 Å². The molecule has 2 N–H and O–H groups in total. The van der Waals surface area contributed by atoms with Crippen molar-refractivity contribution < 1.29 is 9.72 Å². The zero-order valence-electron chi connectivity index (χ0n) is 17.2. The minimum atomic E-state index is -0.371. The normalized spacial score (nSPS) is 24.6. The highest BCUT2D eigenvalue weighted by Crippen LogP contribution is 2.34. The van der Waals surface area contributed by atoms with E-state index < -0.39 is 0 Å². The molecule has 0 spiro atoms. The third kappa shape index (κ3) is 4.82. The van der Waals surface area contributed by atoms with E-state index in [-0.39, 0.29) is 21.9 Å². The van der Waals surface area contributed by atoms with Crippen molar-refractivity contribution in [3.63, 3.8) is 0 Å². The minimum Gasteiger partial charge on any atom is -0.365 e. The number of nitrogens with zero attached hydrogens (tertiary/aromatic N) is 2. The van der Waals surface area contributed by atoms with Crippen LogP contribution in [0.3, 0.4) is 0 Å². The Morgan fingerprint density at radius 1 is 1.29 bits per heavy atom. The lowest BCUT2D eigenvalue weighted by Crippen LogP contribution is -2.43. The van der Waals surface area contributed by atoms with Gasteiger partial charge in [0.1, 0.15) is 5.69 Å². The molecule has 28 heavy (non-hydrogen) atoms. The van der Waals surface area contributed by atoms with Crippen molar-refractivity contribution in [2.45, 2.75) is 40.0 Å². The number of hydrogen-bond donors (Lipinski definition) is 2. The highest BCUT2D eigenvalue weighted by atomic mass is 16.6. The molecular weight excluding hydrogens is 356 g/mol. The number of benzene rings is 1. The molecule has 7 heteroatoms. The van der Waals surface area contributed by atoms with Crippen LogP contribution in [0.5, 0.6) is 0 Å². The maximum atomic E-state index is 12.6. The maximum absolute atomic E-state index is 12.6. The Labute approximate surface area is 167 Å². The fourth-order valence-electron chi connectivity index (χ4n) is 4.54. The van der Waals surface area contributed by atoms with Gasteiger partial charge in [-0.25, -0.2) is 0 Å². The van der Waals surface area contributed by atoms with Crippen LogP contribution in [0.4, 0.5) is 11.4 Å². The molecule has 154 valence electrons. The number of carbonyl (C=O) groups is 1. The molecule has 2 atom stereocenters. The van der Waals surface area contributed by atoms with Crippen LogP contribution in [-0.4, -0.2) is 43.6 Å². The molecule has 0 aliphatic carbocycles. The Morgan fingerprint density at radius 3 is 2.54 bits per heavy atom. The molecule has 3 rings (SSSR count). The second-order valence-corrected chi connectivity index (χ2v) is 9.05. The molecule has 0 aromatic heterocycles. The lowest BCUT2D eigenvalue weighted by Gasteiger charge is -2.36. The summed E-state index contributed by atoms with van der Waals surface area (Å²) in [5, 5.41) is 18.0. The van der Waals surface area contributed by atoms with Gasteiger partial charge in [0.05, 0.1) is 4.92 Å². The minimum absolute atomic E-state index is 0.0158. The summed E-state index contributed by atoms with van der Waals surface area (Å²) in [5.74, 6) is 0.754. The van der Waals surface area contributed by atoms with Gasteiger partial charge in [-0.3, -0.25) is 14.9 Å². The SMILES string of the molecule is CC1CC(C)CN(c2ccc(C(=O)NCC3(C)CCNCC3)cc2[N+](=O)[O-])C1. The van der Waals surface area contributed by atoms with E-state index >= 15 is 0 Å². The first kappa shape index (κ1) is 20.6. The van der Waals surface area contributed by atoms with Gasteiger partial charge in [-0.15, -0.1) is 0 Å². The van der Waals surface area contributed by atoms with Crippen molar-refractivity contribution >= 4 is 17.3 Å². The number of amides is 1.